The molecule has 4 heterocycles. The summed E-state index contributed by atoms with van der Waals surface area (Å²) in [5, 5.41) is 0. The molecule has 2 amide bonds. The highest BCUT2D eigenvalue weighted by molar-refractivity contribution is 6.62. The molecule has 220 valence electrons. The zero-order chi connectivity index (χ0) is 29.7. The number of aromatic nitrogens is 2. The lowest BCUT2D eigenvalue weighted by atomic mass is 9.74. The van der Waals surface area contributed by atoms with Crippen molar-refractivity contribution in [2.75, 3.05) is 26.3 Å². The molecule has 0 spiro atoms. The van der Waals surface area contributed by atoms with E-state index in [2.05, 4.69) is 22.1 Å². The topological polar surface area (TPSA) is 103 Å². The van der Waals surface area contributed by atoms with Crippen LogP contribution in [0.1, 0.15) is 87.4 Å². The normalized spacial score (nSPS) is 22.0. The van der Waals surface area contributed by atoms with Gasteiger partial charge in [-0.1, -0.05) is 12.1 Å². The predicted octanol–water partition coefficient (Wildman–Crippen LogP) is 3.59. The molecule has 3 aliphatic rings. The number of carbonyl (C=O) groups is 2. The van der Waals surface area contributed by atoms with E-state index in [1.54, 1.807) is 24.2 Å². The lowest BCUT2D eigenvalue weighted by Crippen LogP contribution is -2.47. The zero-order valence-electron chi connectivity index (χ0n) is 25.4. The molecule has 5 rings (SSSR count). The van der Waals surface area contributed by atoms with Crippen molar-refractivity contribution in [2.24, 2.45) is 0 Å². The number of fused-ring (bicyclic) bond motifs is 1. The van der Waals surface area contributed by atoms with Crippen LogP contribution in [0.15, 0.2) is 24.5 Å². The summed E-state index contributed by atoms with van der Waals surface area (Å²) < 4.78 is 24.5. The Balaban J connectivity index is 1.55. The Hall–Kier alpha value is -3.02. The summed E-state index contributed by atoms with van der Waals surface area (Å²) in [6.45, 7) is 17.6. The maximum atomic E-state index is 13.5. The van der Waals surface area contributed by atoms with Gasteiger partial charge in [-0.05, 0) is 84.0 Å². The summed E-state index contributed by atoms with van der Waals surface area (Å²) in [6, 6.07) is 3.78. The number of carbonyl (C=O) groups excluding carboxylic acids is 2. The van der Waals surface area contributed by atoms with E-state index in [-0.39, 0.29) is 12.0 Å². The molecule has 10 nitrogen and oxygen atoms in total. The highest BCUT2D eigenvalue weighted by Crippen LogP contribution is 2.38. The van der Waals surface area contributed by atoms with Crippen molar-refractivity contribution in [2.45, 2.75) is 91.2 Å². The van der Waals surface area contributed by atoms with Gasteiger partial charge in [-0.3, -0.25) is 9.69 Å². The van der Waals surface area contributed by atoms with Gasteiger partial charge < -0.3 is 23.7 Å². The molecule has 1 aromatic carbocycles. The smallest absolute Gasteiger partial charge is 0.444 e. The molecule has 2 aromatic rings. The minimum absolute atomic E-state index is 0.125. The fraction of sp³-hybridized carbons (Fsp3) is 0.600. The SMILES string of the molecule is Cc1ncc(C(=O)N2CCc3cc(B4OC(C)(C)C(C)(C)O4)cc([C@@H]4COCCN4C(=O)OC(C)(C)C)c3C2)cn1. The summed E-state index contributed by atoms with van der Waals surface area (Å²) in [7, 11) is -0.562. The van der Waals surface area contributed by atoms with Crippen molar-refractivity contribution in [1.82, 2.24) is 19.8 Å². The average Bonchev–Trinajstić information content (AvgIpc) is 3.13. The first-order chi connectivity index (χ1) is 19.1. The van der Waals surface area contributed by atoms with Gasteiger partial charge in [0.15, 0.2) is 0 Å². The fourth-order valence-corrected chi connectivity index (χ4v) is 5.40. The van der Waals surface area contributed by atoms with E-state index in [0.29, 0.717) is 50.7 Å². The van der Waals surface area contributed by atoms with E-state index >= 15 is 0 Å². The molecule has 3 aliphatic heterocycles. The first-order valence-electron chi connectivity index (χ1n) is 14.3. The monoisotopic (exact) mass is 564 g/mol. The van der Waals surface area contributed by atoms with Crippen molar-refractivity contribution < 1.29 is 28.4 Å². The number of hydrogen-bond donors (Lipinski definition) is 0. The molecule has 2 fully saturated rings. The third-order valence-corrected chi connectivity index (χ3v) is 8.36. The van der Waals surface area contributed by atoms with E-state index in [1.807, 2.05) is 53.4 Å². The Morgan fingerprint density at radius 2 is 1.71 bits per heavy atom. The molecule has 1 aromatic heterocycles. The molecule has 2 saturated heterocycles. The Labute approximate surface area is 242 Å². The Morgan fingerprint density at radius 3 is 2.34 bits per heavy atom. The van der Waals surface area contributed by atoms with Crippen molar-refractivity contribution >= 4 is 24.6 Å². The predicted molar refractivity (Wildman–Crippen MR) is 154 cm³/mol. The van der Waals surface area contributed by atoms with Crippen LogP contribution >= 0.6 is 0 Å². The van der Waals surface area contributed by atoms with E-state index < -0.39 is 30.0 Å². The van der Waals surface area contributed by atoms with Crippen LogP contribution in [0.5, 0.6) is 0 Å². The van der Waals surface area contributed by atoms with Crippen LogP contribution in [0.25, 0.3) is 0 Å². The molecule has 11 heteroatoms. The quantitative estimate of drug-likeness (QED) is 0.522. The van der Waals surface area contributed by atoms with Crippen molar-refractivity contribution in [3.63, 3.8) is 0 Å². The maximum absolute atomic E-state index is 13.5. The van der Waals surface area contributed by atoms with Crippen LogP contribution in [0, 0.1) is 6.92 Å². The van der Waals surface area contributed by atoms with E-state index in [9.17, 15) is 9.59 Å². The molecule has 0 aliphatic carbocycles. The maximum Gasteiger partial charge on any atom is 0.494 e. The van der Waals surface area contributed by atoms with Gasteiger partial charge in [-0.25, -0.2) is 14.8 Å². The van der Waals surface area contributed by atoms with Crippen LogP contribution in [-0.2, 0) is 31.7 Å². The third kappa shape index (κ3) is 5.98. The fourth-order valence-electron chi connectivity index (χ4n) is 5.40. The molecular formula is C30H41BN4O6. The van der Waals surface area contributed by atoms with Crippen molar-refractivity contribution in [1.29, 1.82) is 0 Å². The number of morpholine rings is 1. The number of rotatable bonds is 3. The minimum Gasteiger partial charge on any atom is -0.444 e. The van der Waals surface area contributed by atoms with E-state index in [1.165, 1.54) is 0 Å². The van der Waals surface area contributed by atoms with Crippen molar-refractivity contribution in [3.8, 4) is 0 Å². The average molecular weight is 564 g/mol. The van der Waals surface area contributed by atoms with Crippen LogP contribution < -0.4 is 5.46 Å². The second-order valence-corrected chi connectivity index (χ2v) is 13.1. The van der Waals surface area contributed by atoms with Gasteiger partial charge in [-0.2, -0.15) is 0 Å². The molecule has 1 atom stereocenters. The number of ether oxygens (including phenoxy) is 2. The first-order valence-corrected chi connectivity index (χ1v) is 14.3. The van der Waals surface area contributed by atoms with Gasteiger partial charge in [0.2, 0.25) is 0 Å². The third-order valence-electron chi connectivity index (χ3n) is 8.36. The molecule has 0 unspecified atom stereocenters. The lowest BCUT2D eigenvalue weighted by molar-refractivity contribution is -0.0334. The number of hydrogen-bond acceptors (Lipinski definition) is 8. The summed E-state index contributed by atoms with van der Waals surface area (Å²) in [5.74, 6) is 0.489. The van der Waals surface area contributed by atoms with Gasteiger partial charge in [0.25, 0.3) is 5.91 Å². The molecular weight excluding hydrogens is 523 g/mol. The van der Waals surface area contributed by atoms with Crippen LogP contribution in [0.3, 0.4) is 0 Å². The van der Waals surface area contributed by atoms with Gasteiger partial charge in [0.05, 0.1) is 36.0 Å². The largest absolute Gasteiger partial charge is 0.494 e. The Morgan fingerprint density at radius 1 is 1.05 bits per heavy atom. The Kier molecular flexibility index (Phi) is 7.67. The van der Waals surface area contributed by atoms with Crippen LogP contribution in [-0.4, -0.2) is 82.0 Å². The second kappa shape index (κ2) is 10.7. The summed E-state index contributed by atoms with van der Waals surface area (Å²) in [4.78, 5) is 38.8. The van der Waals surface area contributed by atoms with Gasteiger partial charge in [0, 0.05) is 32.0 Å². The molecule has 41 heavy (non-hydrogen) atoms. The van der Waals surface area contributed by atoms with Gasteiger partial charge >= 0.3 is 13.2 Å². The number of nitrogens with zero attached hydrogens (tertiary/aromatic N) is 4. The van der Waals surface area contributed by atoms with Crippen LogP contribution in [0.2, 0.25) is 0 Å². The summed E-state index contributed by atoms with van der Waals surface area (Å²) in [5.41, 5.74) is 2.73. The zero-order valence-corrected chi connectivity index (χ0v) is 25.4. The number of benzene rings is 1. The van der Waals surface area contributed by atoms with Crippen molar-refractivity contribution in [3.05, 3.63) is 52.6 Å². The van der Waals surface area contributed by atoms with E-state index in [4.69, 9.17) is 18.8 Å². The number of aryl methyl sites for hydroxylation is 1. The van der Waals surface area contributed by atoms with Crippen LogP contribution in [0.4, 0.5) is 4.79 Å². The lowest BCUT2D eigenvalue weighted by Gasteiger charge is -2.39. The second-order valence-electron chi connectivity index (χ2n) is 13.1. The summed E-state index contributed by atoms with van der Waals surface area (Å²) >= 11 is 0. The highest BCUT2D eigenvalue weighted by atomic mass is 16.7. The van der Waals surface area contributed by atoms with E-state index in [0.717, 1.165) is 22.2 Å². The molecule has 0 saturated carbocycles. The first kappa shape index (κ1) is 29.5. The molecule has 0 radical (unpaired) electrons. The standard InChI is InChI=1S/C30H41BN4O6/c1-19-32-15-21(16-33-19)26(36)34-10-9-20-13-22(31-40-29(5,6)30(7,8)41-31)14-23(24(20)17-34)25-18-38-12-11-35(25)27(37)39-28(2,3)4/h13-16,25H,9-12,17-18H2,1-8H3/t25-/m0/s1. The Bertz CT molecular complexity index is 1310. The van der Waals surface area contributed by atoms with Gasteiger partial charge in [-0.15, -0.1) is 0 Å². The minimum atomic E-state index is -0.636. The molecule has 0 N–H and O–H groups in total. The van der Waals surface area contributed by atoms with Gasteiger partial charge in [0.1, 0.15) is 11.4 Å². The summed E-state index contributed by atoms with van der Waals surface area (Å²) in [6.07, 6.45) is 3.40. The molecule has 0 bridgehead atoms. The number of amides is 2. The highest BCUT2D eigenvalue weighted by Gasteiger charge is 2.52.